The summed E-state index contributed by atoms with van der Waals surface area (Å²) in [5.41, 5.74) is 1.93. The quantitative estimate of drug-likeness (QED) is 0.564. The van der Waals surface area contributed by atoms with E-state index < -0.39 is 22.0 Å². The summed E-state index contributed by atoms with van der Waals surface area (Å²) < 4.78 is 45.2. The van der Waals surface area contributed by atoms with E-state index in [-0.39, 0.29) is 18.3 Å². The Balaban J connectivity index is 1.35. The summed E-state index contributed by atoms with van der Waals surface area (Å²) in [7, 11) is -3.76. The molecule has 1 amide bonds. The van der Waals surface area contributed by atoms with Gasteiger partial charge >= 0.3 is 0 Å². The normalized spacial score (nSPS) is 17.6. The highest BCUT2D eigenvalue weighted by molar-refractivity contribution is 7.92. The van der Waals surface area contributed by atoms with Gasteiger partial charge in [0.2, 0.25) is 10.0 Å². The Morgan fingerprint density at radius 2 is 1.69 bits per heavy atom. The summed E-state index contributed by atoms with van der Waals surface area (Å²) in [6.07, 6.45) is -1.00. The molecule has 0 radical (unpaired) electrons. The molecule has 2 heterocycles. The van der Waals surface area contributed by atoms with Crippen molar-refractivity contribution >= 4 is 21.6 Å². The van der Waals surface area contributed by atoms with E-state index in [2.05, 4.69) is 5.32 Å². The Morgan fingerprint density at radius 1 is 0.971 bits per heavy atom. The van der Waals surface area contributed by atoms with Gasteiger partial charge in [-0.1, -0.05) is 48.5 Å². The van der Waals surface area contributed by atoms with Gasteiger partial charge in [0, 0.05) is 0 Å². The van der Waals surface area contributed by atoms with Gasteiger partial charge in [-0.3, -0.25) is 9.10 Å². The van der Waals surface area contributed by atoms with E-state index in [0.29, 0.717) is 41.7 Å². The predicted octanol–water partition coefficient (Wildman–Crippen LogP) is 3.43. The molecule has 8 nitrogen and oxygen atoms in total. The number of carbonyl (C=O) groups is 1. The minimum Gasteiger partial charge on any atom is -0.486 e. The van der Waals surface area contributed by atoms with Crippen LogP contribution in [0.15, 0.2) is 72.8 Å². The van der Waals surface area contributed by atoms with Gasteiger partial charge in [0.05, 0.1) is 24.0 Å². The zero-order chi connectivity index (χ0) is 24.4. The van der Waals surface area contributed by atoms with E-state index in [1.165, 1.54) is 4.31 Å². The molecule has 9 heteroatoms. The van der Waals surface area contributed by atoms with Crippen molar-refractivity contribution in [1.82, 2.24) is 5.32 Å². The van der Waals surface area contributed by atoms with Gasteiger partial charge in [0.1, 0.15) is 19.0 Å². The van der Waals surface area contributed by atoms with Crippen molar-refractivity contribution in [2.24, 2.45) is 0 Å². The largest absolute Gasteiger partial charge is 0.486 e. The first kappa shape index (κ1) is 23.0. The molecule has 3 aromatic carbocycles. The number of anilines is 1. The smallest absolute Gasteiger partial charge is 0.263 e. The molecular weight excluding hydrogens is 468 g/mol. The second-order valence-electron chi connectivity index (χ2n) is 8.48. The van der Waals surface area contributed by atoms with Crippen molar-refractivity contribution in [3.8, 4) is 17.2 Å². The minimum absolute atomic E-state index is 0.119. The molecule has 0 saturated carbocycles. The monoisotopic (exact) mass is 494 g/mol. The summed E-state index contributed by atoms with van der Waals surface area (Å²) in [5.74, 6) is 1.08. The van der Waals surface area contributed by atoms with E-state index in [0.717, 1.165) is 5.56 Å². The first-order valence-electron chi connectivity index (χ1n) is 11.4. The molecule has 0 bridgehead atoms. The molecule has 0 spiro atoms. The molecule has 5 rings (SSSR count). The van der Waals surface area contributed by atoms with Gasteiger partial charge in [-0.25, -0.2) is 8.42 Å². The molecular formula is C26H26N2O6S. The van der Waals surface area contributed by atoms with Crippen LogP contribution >= 0.6 is 0 Å². The average Bonchev–Trinajstić information content (AvgIpc) is 2.88. The van der Waals surface area contributed by atoms with Crippen LogP contribution in [0.3, 0.4) is 0 Å². The molecule has 0 aromatic heterocycles. The molecule has 2 aliphatic rings. The zero-order valence-electron chi connectivity index (χ0n) is 19.2. The lowest BCUT2D eigenvalue weighted by Crippen LogP contribution is -2.51. The Bertz CT molecular complexity index is 1330. The fourth-order valence-corrected chi connectivity index (χ4v) is 5.77. The van der Waals surface area contributed by atoms with Crippen LogP contribution in [0.4, 0.5) is 5.69 Å². The van der Waals surface area contributed by atoms with Crippen LogP contribution in [-0.2, 0) is 20.6 Å². The fourth-order valence-electron chi connectivity index (χ4n) is 4.18. The summed E-state index contributed by atoms with van der Waals surface area (Å²) in [6.45, 7) is 2.71. The summed E-state index contributed by atoms with van der Waals surface area (Å²) >= 11 is 0. The Hall–Kier alpha value is -3.72. The number of rotatable bonds is 6. The van der Waals surface area contributed by atoms with Crippen LogP contribution in [-0.4, -0.2) is 40.2 Å². The lowest BCUT2D eigenvalue weighted by atomic mass is 10.1. The number of nitrogens with one attached hydrogen (secondary N) is 1. The lowest BCUT2D eigenvalue weighted by molar-refractivity contribution is -0.128. The molecule has 2 atom stereocenters. The molecule has 1 N–H and O–H groups in total. The number of nitrogens with zero attached hydrogens (tertiary/aromatic N) is 1. The standard InChI is InChI=1S/C26H26N2O6S/c1-18(20-11-12-23-24(15-20)33-14-13-32-23)27-26(29)25-16-28(21-9-5-6-10-22(21)34-25)35(30,31)17-19-7-3-2-4-8-19/h2-12,15,18,25H,13-14,16-17H2,1H3,(H,27,29)/t18-,25+/m0/s1. The highest BCUT2D eigenvalue weighted by atomic mass is 32.2. The van der Waals surface area contributed by atoms with Crippen molar-refractivity contribution < 1.29 is 27.4 Å². The molecule has 0 unspecified atom stereocenters. The van der Waals surface area contributed by atoms with E-state index in [9.17, 15) is 13.2 Å². The molecule has 3 aromatic rings. The van der Waals surface area contributed by atoms with E-state index >= 15 is 0 Å². The Morgan fingerprint density at radius 3 is 2.49 bits per heavy atom. The number of sulfonamides is 1. The Labute approximate surface area is 204 Å². The molecule has 182 valence electrons. The summed E-state index contributed by atoms with van der Waals surface area (Å²) in [4.78, 5) is 13.2. The van der Waals surface area contributed by atoms with Crippen molar-refractivity contribution in [3.63, 3.8) is 0 Å². The molecule has 0 saturated heterocycles. The lowest BCUT2D eigenvalue weighted by Gasteiger charge is -2.35. The first-order valence-corrected chi connectivity index (χ1v) is 13.0. The maximum absolute atomic E-state index is 13.4. The maximum atomic E-state index is 13.4. The second kappa shape index (κ2) is 9.50. The van der Waals surface area contributed by atoms with Gasteiger partial charge in [-0.2, -0.15) is 0 Å². The maximum Gasteiger partial charge on any atom is 0.263 e. The number of fused-ring (bicyclic) bond motifs is 2. The van der Waals surface area contributed by atoms with E-state index in [1.54, 1.807) is 48.5 Å². The van der Waals surface area contributed by atoms with Gasteiger partial charge < -0.3 is 19.5 Å². The van der Waals surface area contributed by atoms with Gasteiger partial charge in [-0.15, -0.1) is 0 Å². The van der Waals surface area contributed by atoms with Crippen molar-refractivity contribution in [2.45, 2.75) is 24.8 Å². The number of hydrogen-bond donors (Lipinski definition) is 1. The van der Waals surface area contributed by atoms with Crippen LogP contribution in [0.2, 0.25) is 0 Å². The van der Waals surface area contributed by atoms with Crippen LogP contribution in [0.5, 0.6) is 17.2 Å². The minimum atomic E-state index is -3.76. The average molecular weight is 495 g/mol. The molecule has 0 aliphatic carbocycles. The number of amides is 1. The van der Waals surface area contributed by atoms with Crippen molar-refractivity contribution in [3.05, 3.63) is 83.9 Å². The van der Waals surface area contributed by atoms with Gasteiger partial charge in [-0.05, 0) is 42.3 Å². The van der Waals surface area contributed by atoms with E-state index in [4.69, 9.17) is 14.2 Å². The van der Waals surface area contributed by atoms with Crippen molar-refractivity contribution in [1.29, 1.82) is 0 Å². The number of carbonyl (C=O) groups excluding carboxylic acids is 1. The Kier molecular flexibility index (Phi) is 6.25. The topological polar surface area (TPSA) is 94.2 Å². The second-order valence-corrected chi connectivity index (χ2v) is 10.4. The number of ether oxygens (including phenoxy) is 3. The molecule has 35 heavy (non-hydrogen) atoms. The van der Waals surface area contributed by atoms with E-state index in [1.807, 2.05) is 31.2 Å². The fraction of sp³-hybridized carbons (Fsp3) is 0.269. The van der Waals surface area contributed by atoms with Gasteiger partial charge in [0.25, 0.3) is 5.91 Å². The predicted molar refractivity (Wildman–Crippen MR) is 131 cm³/mol. The summed E-state index contributed by atoms with van der Waals surface area (Å²) in [5, 5.41) is 2.94. The number of hydrogen-bond acceptors (Lipinski definition) is 6. The first-order chi connectivity index (χ1) is 16.9. The van der Waals surface area contributed by atoms with Crippen LogP contribution < -0.4 is 23.8 Å². The van der Waals surface area contributed by atoms with Crippen molar-refractivity contribution in [2.75, 3.05) is 24.1 Å². The molecule has 0 fully saturated rings. The van der Waals surface area contributed by atoms with Crippen LogP contribution in [0.25, 0.3) is 0 Å². The SMILES string of the molecule is C[C@H](NC(=O)[C@H]1CN(S(=O)(=O)Cc2ccccc2)c2ccccc2O1)c1ccc2c(c1)OCCO2. The third-order valence-corrected chi connectivity index (χ3v) is 7.70. The van der Waals surface area contributed by atoms with Gasteiger partial charge in [0.15, 0.2) is 17.6 Å². The highest BCUT2D eigenvalue weighted by Crippen LogP contribution is 2.36. The third kappa shape index (κ3) is 4.90. The zero-order valence-corrected chi connectivity index (χ0v) is 20.0. The summed E-state index contributed by atoms with van der Waals surface area (Å²) in [6, 6.07) is 21.0. The van der Waals surface area contributed by atoms with Crippen LogP contribution in [0, 0.1) is 0 Å². The highest BCUT2D eigenvalue weighted by Gasteiger charge is 2.37. The molecule has 2 aliphatic heterocycles. The van der Waals surface area contributed by atoms with Crippen LogP contribution in [0.1, 0.15) is 24.1 Å². The number of benzene rings is 3. The third-order valence-electron chi connectivity index (χ3n) is 5.98. The number of para-hydroxylation sites is 2.